The molecule has 21 heavy (non-hydrogen) atoms. The van der Waals surface area contributed by atoms with E-state index in [1.165, 1.54) is 0 Å². The van der Waals surface area contributed by atoms with Crippen LogP contribution >= 0.6 is 0 Å². The van der Waals surface area contributed by atoms with Gasteiger partial charge in [-0.15, -0.1) is 0 Å². The summed E-state index contributed by atoms with van der Waals surface area (Å²) in [7, 11) is 0. The van der Waals surface area contributed by atoms with Gasteiger partial charge in [-0.1, -0.05) is 19.1 Å². The Morgan fingerprint density at radius 3 is 2.81 bits per heavy atom. The number of urea groups is 1. The molecule has 0 aromatic heterocycles. The molecule has 3 N–H and O–H groups in total. The van der Waals surface area contributed by atoms with Crippen LogP contribution < -0.4 is 15.4 Å². The van der Waals surface area contributed by atoms with Crippen LogP contribution in [-0.4, -0.2) is 36.4 Å². The van der Waals surface area contributed by atoms with E-state index in [0.29, 0.717) is 13.0 Å². The van der Waals surface area contributed by atoms with Gasteiger partial charge in [-0.25, -0.2) is 4.79 Å². The van der Waals surface area contributed by atoms with Gasteiger partial charge in [-0.3, -0.25) is 0 Å². The van der Waals surface area contributed by atoms with Gasteiger partial charge in [0.1, 0.15) is 11.9 Å². The van der Waals surface area contributed by atoms with Crippen molar-refractivity contribution in [3.05, 3.63) is 29.8 Å². The van der Waals surface area contributed by atoms with Gasteiger partial charge >= 0.3 is 6.03 Å². The quantitative estimate of drug-likeness (QED) is 0.688. The number of benzene rings is 1. The average molecular weight is 294 g/mol. The Kier molecular flexibility index (Phi) is 7.61. The summed E-state index contributed by atoms with van der Waals surface area (Å²) < 4.78 is 5.86. The lowest BCUT2D eigenvalue weighted by molar-refractivity contribution is 0.188. The summed E-state index contributed by atoms with van der Waals surface area (Å²) in [6.45, 7) is 6.41. The van der Waals surface area contributed by atoms with Crippen LogP contribution in [0.3, 0.4) is 0 Å². The Balaban J connectivity index is 2.38. The van der Waals surface area contributed by atoms with Gasteiger partial charge in [0.05, 0.1) is 6.54 Å². The highest BCUT2D eigenvalue weighted by Crippen LogP contribution is 2.15. The number of aryl methyl sites for hydroxylation is 1. The lowest BCUT2D eigenvalue weighted by Crippen LogP contribution is -2.44. The first kappa shape index (κ1) is 17.3. The normalized spacial score (nSPS) is 13.3. The molecule has 1 unspecified atom stereocenters. The van der Waals surface area contributed by atoms with Crippen LogP contribution in [0.5, 0.6) is 5.75 Å². The number of rotatable bonds is 8. The van der Waals surface area contributed by atoms with Crippen LogP contribution in [0.25, 0.3) is 0 Å². The molecule has 0 radical (unpaired) electrons. The number of nitrogens with one attached hydrogen (secondary N) is 2. The second-order valence-electron chi connectivity index (χ2n) is 5.23. The van der Waals surface area contributed by atoms with Crippen LogP contribution in [0.1, 0.15) is 32.3 Å². The van der Waals surface area contributed by atoms with Crippen molar-refractivity contribution < 1.29 is 14.6 Å². The standard InChI is InChI=1S/C16H26N2O3/c1-4-14(21-15-7-5-6-12(2)10-15)11-17-16(20)18-13(3)8-9-19/h5-7,10,13-14,19H,4,8-9,11H2,1-3H3,(H2,17,18,20)/t13-,14?/m1/s1. The third-order valence-corrected chi connectivity index (χ3v) is 3.18. The first-order chi connectivity index (χ1) is 10.0. The number of aliphatic hydroxyl groups is 1. The zero-order chi connectivity index (χ0) is 15.7. The number of carbonyl (C=O) groups excluding carboxylic acids is 1. The molecule has 0 aliphatic rings. The van der Waals surface area contributed by atoms with Crippen molar-refractivity contribution >= 4 is 6.03 Å². The zero-order valence-corrected chi connectivity index (χ0v) is 13.1. The number of carbonyl (C=O) groups is 1. The van der Waals surface area contributed by atoms with Gasteiger partial charge in [0.15, 0.2) is 0 Å². The molecule has 1 aromatic rings. The highest BCUT2D eigenvalue weighted by molar-refractivity contribution is 5.74. The largest absolute Gasteiger partial charge is 0.489 e. The second kappa shape index (κ2) is 9.23. The Morgan fingerprint density at radius 1 is 1.43 bits per heavy atom. The van der Waals surface area contributed by atoms with Crippen LogP contribution in [0.2, 0.25) is 0 Å². The monoisotopic (exact) mass is 294 g/mol. The van der Waals surface area contributed by atoms with E-state index < -0.39 is 0 Å². The van der Waals surface area contributed by atoms with E-state index in [2.05, 4.69) is 10.6 Å². The lowest BCUT2D eigenvalue weighted by atomic mass is 10.2. The molecule has 1 aromatic carbocycles. The van der Waals surface area contributed by atoms with E-state index in [-0.39, 0.29) is 24.8 Å². The van der Waals surface area contributed by atoms with Crippen LogP contribution in [0, 0.1) is 6.92 Å². The molecule has 0 saturated heterocycles. The molecule has 5 heteroatoms. The molecule has 0 aliphatic carbocycles. The van der Waals surface area contributed by atoms with E-state index in [1.807, 2.05) is 45.0 Å². The minimum atomic E-state index is -0.234. The Labute approximate surface area is 126 Å². The Morgan fingerprint density at radius 2 is 2.19 bits per heavy atom. The van der Waals surface area contributed by atoms with Gasteiger partial charge in [-0.2, -0.15) is 0 Å². The van der Waals surface area contributed by atoms with Gasteiger partial charge < -0.3 is 20.5 Å². The molecule has 0 heterocycles. The summed E-state index contributed by atoms with van der Waals surface area (Å²) in [5, 5.41) is 14.4. The molecule has 2 atom stereocenters. The molecule has 0 bridgehead atoms. The second-order valence-corrected chi connectivity index (χ2v) is 5.23. The molecule has 0 fully saturated rings. The van der Waals surface area contributed by atoms with E-state index in [0.717, 1.165) is 17.7 Å². The molecule has 5 nitrogen and oxygen atoms in total. The number of amides is 2. The van der Waals surface area contributed by atoms with Crippen molar-refractivity contribution in [1.29, 1.82) is 0 Å². The molecule has 0 aliphatic heterocycles. The molecule has 118 valence electrons. The van der Waals surface area contributed by atoms with Crippen molar-refractivity contribution in [2.75, 3.05) is 13.2 Å². The van der Waals surface area contributed by atoms with Gasteiger partial charge in [-0.05, 0) is 44.4 Å². The smallest absolute Gasteiger partial charge is 0.315 e. The third-order valence-electron chi connectivity index (χ3n) is 3.18. The van der Waals surface area contributed by atoms with Gasteiger partial charge in [0.25, 0.3) is 0 Å². The highest BCUT2D eigenvalue weighted by Gasteiger charge is 2.11. The number of hydrogen-bond donors (Lipinski definition) is 3. The fraction of sp³-hybridized carbons (Fsp3) is 0.562. The zero-order valence-electron chi connectivity index (χ0n) is 13.1. The fourth-order valence-electron chi connectivity index (χ4n) is 1.90. The predicted octanol–water partition coefficient (Wildman–Crippen LogP) is 2.22. The predicted molar refractivity (Wildman–Crippen MR) is 83.6 cm³/mol. The van der Waals surface area contributed by atoms with Crippen LogP contribution in [0.15, 0.2) is 24.3 Å². The lowest BCUT2D eigenvalue weighted by Gasteiger charge is -2.20. The maximum atomic E-state index is 11.7. The summed E-state index contributed by atoms with van der Waals surface area (Å²) in [6, 6.07) is 7.58. The molecular formula is C16H26N2O3. The van der Waals surface area contributed by atoms with E-state index in [1.54, 1.807) is 0 Å². The SMILES string of the molecule is CCC(CNC(=O)N[C@H](C)CCO)Oc1cccc(C)c1. The number of aliphatic hydroxyl groups excluding tert-OH is 1. The number of ether oxygens (including phenoxy) is 1. The molecular weight excluding hydrogens is 268 g/mol. The summed E-state index contributed by atoms with van der Waals surface area (Å²) in [6.07, 6.45) is 1.29. The number of hydrogen-bond acceptors (Lipinski definition) is 3. The first-order valence-corrected chi connectivity index (χ1v) is 7.43. The third kappa shape index (κ3) is 6.99. The summed E-state index contributed by atoms with van der Waals surface area (Å²) in [4.78, 5) is 11.7. The van der Waals surface area contributed by atoms with E-state index in [9.17, 15) is 4.79 Å². The minimum absolute atomic E-state index is 0.0484. The summed E-state index contributed by atoms with van der Waals surface area (Å²) in [5.41, 5.74) is 1.14. The maximum Gasteiger partial charge on any atom is 0.315 e. The average Bonchev–Trinajstić information content (AvgIpc) is 2.43. The molecule has 0 saturated carbocycles. The highest BCUT2D eigenvalue weighted by atomic mass is 16.5. The first-order valence-electron chi connectivity index (χ1n) is 7.43. The maximum absolute atomic E-state index is 11.7. The molecule has 2 amide bonds. The Hall–Kier alpha value is -1.75. The minimum Gasteiger partial charge on any atom is -0.489 e. The summed E-state index contributed by atoms with van der Waals surface area (Å²) >= 11 is 0. The Bertz CT molecular complexity index is 437. The van der Waals surface area contributed by atoms with E-state index in [4.69, 9.17) is 9.84 Å². The summed E-state index contributed by atoms with van der Waals surface area (Å²) in [5.74, 6) is 0.817. The van der Waals surface area contributed by atoms with E-state index >= 15 is 0 Å². The fourth-order valence-corrected chi connectivity index (χ4v) is 1.90. The van der Waals surface area contributed by atoms with Gasteiger partial charge in [0, 0.05) is 12.6 Å². The van der Waals surface area contributed by atoms with Crippen LogP contribution in [0.4, 0.5) is 4.79 Å². The van der Waals surface area contributed by atoms with Crippen LogP contribution in [-0.2, 0) is 0 Å². The topological polar surface area (TPSA) is 70.6 Å². The van der Waals surface area contributed by atoms with Crippen molar-refractivity contribution in [1.82, 2.24) is 10.6 Å². The molecule has 0 spiro atoms. The van der Waals surface area contributed by atoms with Gasteiger partial charge in [0.2, 0.25) is 0 Å². The van der Waals surface area contributed by atoms with Crippen molar-refractivity contribution in [2.45, 2.75) is 45.8 Å². The molecule has 1 rings (SSSR count). The van der Waals surface area contributed by atoms with Crippen molar-refractivity contribution in [3.63, 3.8) is 0 Å². The van der Waals surface area contributed by atoms with Crippen molar-refractivity contribution in [2.24, 2.45) is 0 Å². The van der Waals surface area contributed by atoms with Crippen molar-refractivity contribution in [3.8, 4) is 5.75 Å².